The third kappa shape index (κ3) is 6.41. The van der Waals surface area contributed by atoms with Crippen molar-refractivity contribution in [1.29, 1.82) is 0 Å². The zero-order valence-electron chi connectivity index (χ0n) is 48.4. The third-order valence-corrected chi connectivity index (χ3v) is 24.1. The van der Waals surface area contributed by atoms with E-state index in [1.54, 1.807) is 0 Å². The van der Waals surface area contributed by atoms with Crippen molar-refractivity contribution in [3.63, 3.8) is 0 Å². The van der Waals surface area contributed by atoms with Crippen LogP contribution in [0, 0.1) is 59.2 Å². The van der Waals surface area contributed by atoms with Gasteiger partial charge in [-0.2, -0.15) is 0 Å². The van der Waals surface area contributed by atoms with Gasteiger partial charge in [0.2, 0.25) is 23.6 Å². The summed E-state index contributed by atoms with van der Waals surface area (Å²) in [5.41, 5.74) is 12.0. The van der Waals surface area contributed by atoms with Crippen molar-refractivity contribution in [3.8, 4) is 0 Å². The summed E-state index contributed by atoms with van der Waals surface area (Å²) in [6.45, 7) is 22.6. The van der Waals surface area contributed by atoms with Crippen LogP contribution >= 0.6 is 0 Å². The Hall–Kier alpha value is -5.00. The molecule has 4 aliphatic heterocycles. The average molecular weight is 1080 g/mol. The molecule has 4 saturated heterocycles. The Morgan fingerprint density at radius 2 is 0.775 bits per heavy atom. The minimum Gasteiger partial charge on any atom is -0.370 e. The Morgan fingerprint density at radius 3 is 1.16 bits per heavy atom. The van der Waals surface area contributed by atoms with Gasteiger partial charge in [-0.05, 0) is 175 Å². The van der Waals surface area contributed by atoms with Gasteiger partial charge in [-0.25, -0.2) is 0 Å². The van der Waals surface area contributed by atoms with E-state index in [9.17, 15) is 19.2 Å². The van der Waals surface area contributed by atoms with E-state index in [2.05, 4.69) is 127 Å². The van der Waals surface area contributed by atoms with E-state index in [0.717, 1.165) is 25.7 Å². The van der Waals surface area contributed by atoms with Gasteiger partial charge in [-0.1, -0.05) is 121 Å². The van der Waals surface area contributed by atoms with Gasteiger partial charge in [-0.15, -0.1) is 0 Å². The molecule has 0 spiro atoms. The highest BCUT2D eigenvalue weighted by Gasteiger charge is 2.75. The molecule has 0 N–H and O–H groups in total. The number of anilines is 1. The quantitative estimate of drug-likeness (QED) is 0.161. The maximum absolute atomic E-state index is 15.0. The van der Waals surface area contributed by atoms with Gasteiger partial charge in [0, 0.05) is 28.2 Å². The molecule has 10 nitrogen and oxygen atoms in total. The predicted octanol–water partition coefficient (Wildman–Crippen LogP) is 11.7. The Kier molecular flexibility index (Phi) is 10.7. The van der Waals surface area contributed by atoms with Gasteiger partial charge in [0.15, 0.2) is 0 Å². The lowest BCUT2D eigenvalue weighted by molar-refractivity contribution is -0.298. The smallest absolute Gasteiger partial charge is 0.237 e. The molecule has 4 amide bonds. The minimum atomic E-state index is -0.571. The summed E-state index contributed by atoms with van der Waals surface area (Å²) in [4.78, 5) is 60.8. The van der Waals surface area contributed by atoms with Crippen LogP contribution in [0.15, 0.2) is 84.9 Å². The van der Waals surface area contributed by atoms with E-state index in [0.29, 0.717) is 66.9 Å². The van der Waals surface area contributed by atoms with Crippen LogP contribution in [0.25, 0.3) is 0 Å². The molecule has 418 valence electrons. The number of likely N-dealkylation sites (tertiary alicyclic amines) is 1. The van der Waals surface area contributed by atoms with E-state index >= 15 is 0 Å². The SMILES string of the molecule is CC(C)C12c3ccccc3C(C(C)C)(C3CC4OC5CC6C(=O)N(c7ccc8c(c7)C7c9ccccc9C8c8cc(C(C)(C)C)ccc87)C(=O)C6CC5OC4CC31)C1CC3OC4CC5C(=O)N(C(C)(C)C)C(=O)C5CC4OC3CC12. The molecule has 4 aromatic carbocycles. The van der Waals surface area contributed by atoms with Crippen LogP contribution in [0.1, 0.15) is 183 Å². The van der Waals surface area contributed by atoms with Gasteiger partial charge in [0.25, 0.3) is 0 Å². The first-order chi connectivity index (χ1) is 38.2. The fourth-order valence-corrected chi connectivity index (χ4v) is 21.3. The first kappa shape index (κ1) is 50.7. The molecule has 10 heteroatoms. The van der Waals surface area contributed by atoms with E-state index in [1.165, 1.54) is 59.9 Å². The molecule has 14 aliphatic rings. The van der Waals surface area contributed by atoms with Crippen molar-refractivity contribution >= 4 is 29.3 Å². The number of imide groups is 2. The van der Waals surface area contributed by atoms with Crippen LogP contribution < -0.4 is 4.90 Å². The maximum Gasteiger partial charge on any atom is 0.237 e. The lowest BCUT2D eigenvalue weighted by Gasteiger charge is -2.76. The van der Waals surface area contributed by atoms with Crippen molar-refractivity contribution in [3.05, 3.63) is 135 Å². The summed E-state index contributed by atoms with van der Waals surface area (Å²) in [5.74, 6) is 0.168. The van der Waals surface area contributed by atoms with Crippen LogP contribution in [0.2, 0.25) is 0 Å². The molecule has 20 atom stereocenters. The van der Waals surface area contributed by atoms with Crippen LogP contribution in [-0.4, -0.2) is 82.9 Å². The Balaban J connectivity index is 0.693. The zero-order chi connectivity index (χ0) is 55.2. The van der Waals surface area contributed by atoms with Crippen molar-refractivity contribution in [2.75, 3.05) is 4.90 Å². The van der Waals surface area contributed by atoms with E-state index in [4.69, 9.17) is 18.9 Å². The lowest BCUT2D eigenvalue weighted by Crippen LogP contribution is -2.76. The number of rotatable bonds is 3. The summed E-state index contributed by atoms with van der Waals surface area (Å²) >= 11 is 0. The van der Waals surface area contributed by atoms with Crippen molar-refractivity contribution < 1.29 is 38.1 Å². The number of carbonyl (C=O) groups excluding carboxylic acids is 4. The number of nitrogens with zero attached hydrogens (tertiary/aromatic N) is 2. The molecule has 5 saturated carbocycles. The van der Waals surface area contributed by atoms with E-state index in [1.807, 2.05) is 26.8 Å². The molecule has 0 radical (unpaired) electrons. The van der Waals surface area contributed by atoms with Crippen LogP contribution in [-0.2, 0) is 54.4 Å². The molecule has 20 unspecified atom stereocenters. The topological polar surface area (TPSA) is 112 Å². The Bertz CT molecular complexity index is 3220. The number of carbonyl (C=O) groups is 4. The third-order valence-electron chi connectivity index (χ3n) is 24.1. The van der Waals surface area contributed by atoms with Gasteiger partial charge < -0.3 is 18.9 Å². The lowest BCUT2D eigenvalue weighted by atomic mass is 9.29. The molecule has 0 aromatic heterocycles. The molecule has 10 aliphatic carbocycles. The molecular formula is C70H80N2O8. The fourth-order valence-electron chi connectivity index (χ4n) is 21.3. The monoisotopic (exact) mass is 1080 g/mol. The highest BCUT2D eigenvalue weighted by molar-refractivity contribution is 6.22. The number of hydrogen-bond acceptors (Lipinski definition) is 8. The van der Waals surface area contributed by atoms with Crippen molar-refractivity contribution in [2.24, 2.45) is 59.2 Å². The summed E-state index contributed by atoms with van der Waals surface area (Å²) in [7, 11) is 0. The van der Waals surface area contributed by atoms with Crippen LogP contribution in [0.4, 0.5) is 5.69 Å². The largest absolute Gasteiger partial charge is 0.370 e. The average Bonchev–Trinajstić information content (AvgIpc) is 3.98. The van der Waals surface area contributed by atoms with Crippen molar-refractivity contribution in [2.45, 2.75) is 203 Å². The molecule has 9 fully saturated rings. The molecule has 4 bridgehead atoms. The molecular weight excluding hydrogens is 997 g/mol. The highest BCUT2D eigenvalue weighted by atomic mass is 16.6. The van der Waals surface area contributed by atoms with Gasteiger partial charge in [0.1, 0.15) is 0 Å². The van der Waals surface area contributed by atoms with Crippen molar-refractivity contribution in [1.82, 2.24) is 4.90 Å². The Labute approximate surface area is 472 Å². The molecule has 4 aromatic rings. The number of ether oxygens (including phenoxy) is 4. The number of hydrogen-bond donors (Lipinski definition) is 0. The summed E-state index contributed by atoms with van der Waals surface area (Å²) in [6, 6.07) is 31.8. The second-order valence-electron chi connectivity index (χ2n) is 29.9. The van der Waals surface area contributed by atoms with Gasteiger partial charge >= 0.3 is 0 Å². The fraction of sp³-hybridized carbons (Fsp3) is 0.600. The molecule has 80 heavy (non-hydrogen) atoms. The van der Waals surface area contributed by atoms with Crippen LogP contribution in [0.3, 0.4) is 0 Å². The second kappa shape index (κ2) is 16.8. The van der Waals surface area contributed by atoms with Gasteiger partial charge in [-0.3, -0.25) is 29.0 Å². The normalized spacial score (nSPS) is 41.4. The van der Waals surface area contributed by atoms with Gasteiger partial charge in [0.05, 0.1) is 78.2 Å². The summed E-state index contributed by atoms with van der Waals surface area (Å²) in [6.07, 6.45) is 4.20. The Morgan fingerprint density at radius 1 is 0.425 bits per heavy atom. The highest BCUT2D eigenvalue weighted by Crippen LogP contribution is 2.76. The number of amides is 4. The molecule has 4 heterocycles. The van der Waals surface area contributed by atoms with E-state index < -0.39 is 17.4 Å². The first-order valence-corrected chi connectivity index (χ1v) is 31.1. The first-order valence-electron chi connectivity index (χ1n) is 31.1. The standard InChI is InChI=1S/C70H80N2O8/c1-33(2)69-47-17-13-14-18-48(47)70(34(3)4,52-32-60-59(31-51(52)69)79-55-27-45-46(28-56(55)80-60)66(76)72(65(45)75)68(8,9)10)50-30-58-57(29-49(50)69)77-53-25-43-44(26-54(53)78-58)64(74)71(63(43)73)36-20-22-40-42(24-36)62-38-16-12-11-15-37(38)61(40)41-23-35(67(5,6)7)19-21-39(41)62/h11-24,33-34,43-46,49-62H,25-32H2,1-10H3. The maximum atomic E-state index is 15.0. The number of benzene rings is 4. The van der Waals surface area contributed by atoms with Crippen LogP contribution in [0.5, 0.6) is 0 Å². The minimum absolute atomic E-state index is 0.0205. The summed E-state index contributed by atoms with van der Waals surface area (Å²) < 4.78 is 29.5. The zero-order valence-corrected chi connectivity index (χ0v) is 48.4. The predicted molar refractivity (Wildman–Crippen MR) is 303 cm³/mol. The molecule has 18 rings (SSSR count). The second-order valence-corrected chi connectivity index (χ2v) is 29.9. The van der Waals surface area contributed by atoms with E-state index in [-0.39, 0.29) is 112 Å². The number of fused-ring (bicyclic) bond motifs is 6. The summed E-state index contributed by atoms with van der Waals surface area (Å²) in [5, 5.41) is 0.